The highest BCUT2D eigenvalue weighted by Gasteiger charge is 2.30. The van der Waals surface area contributed by atoms with Gasteiger partial charge >= 0.3 is 0 Å². The number of nitrogens with zero attached hydrogens (tertiary/aromatic N) is 3. The molecule has 3 rings (SSSR count). The van der Waals surface area contributed by atoms with Gasteiger partial charge in [-0.1, -0.05) is 30.3 Å². The molecular weight excluding hydrogens is 290 g/mol. The second kappa shape index (κ2) is 7.59. The molecule has 5 heteroatoms. The first-order valence-corrected chi connectivity index (χ1v) is 8.50. The van der Waals surface area contributed by atoms with E-state index < -0.39 is 0 Å². The number of amides is 2. The fourth-order valence-corrected chi connectivity index (χ4v) is 3.49. The molecule has 0 saturated carbocycles. The summed E-state index contributed by atoms with van der Waals surface area (Å²) in [5, 5.41) is 0. The predicted octanol–water partition coefficient (Wildman–Crippen LogP) is 1.20. The minimum absolute atomic E-state index is 0.157. The summed E-state index contributed by atoms with van der Waals surface area (Å²) in [6, 6.07) is 10.5. The minimum atomic E-state index is 0.157. The molecule has 2 saturated heterocycles. The summed E-state index contributed by atoms with van der Waals surface area (Å²) in [7, 11) is 0. The van der Waals surface area contributed by atoms with E-state index in [2.05, 4.69) is 29.2 Å². The highest BCUT2D eigenvalue weighted by atomic mass is 16.2. The Kier molecular flexibility index (Phi) is 5.28. The molecule has 0 N–H and O–H groups in total. The third kappa shape index (κ3) is 4.10. The van der Waals surface area contributed by atoms with Crippen LogP contribution in [0.15, 0.2) is 30.3 Å². The van der Waals surface area contributed by atoms with Crippen LogP contribution in [0.25, 0.3) is 0 Å². The van der Waals surface area contributed by atoms with E-state index in [0.717, 1.165) is 38.9 Å². The zero-order valence-corrected chi connectivity index (χ0v) is 13.6. The minimum Gasteiger partial charge on any atom is -0.342 e. The topological polar surface area (TPSA) is 43.9 Å². The van der Waals surface area contributed by atoms with Crippen LogP contribution in [0.4, 0.5) is 0 Å². The Bertz CT molecular complexity index is 518. The van der Waals surface area contributed by atoms with Gasteiger partial charge in [0.15, 0.2) is 0 Å². The van der Waals surface area contributed by atoms with E-state index in [4.69, 9.17) is 0 Å². The molecule has 0 bridgehead atoms. The molecule has 0 atom stereocenters. The summed E-state index contributed by atoms with van der Waals surface area (Å²) in [4.78, 5) is 29.5. The lowest BCUT2D eigenvalue weighted by Gasteiger charge is -2.37. The largest absolute Gasteiger partial charge is 0.342 e. The van der Waals surface area contributed by atoms with Crippen molar-refractivity contribution in [2.24, 2.45) is 5.92 Å². The zero-order valence-electron chi connectivity index (χ0n) is 13.6. The smallest absolute Gasteiger partial charge is 0.225 e. The van der Waals surface area contributed by atoms with E-state index in [1.807, 2.05) is 11.0 Å². The van der Waals surface area contributed by atoms with Crippen molar-refractivity contribution < 1.29 is 9.59 Å². The average Bonchev–Trinajstić information content (AvgIpc) is 2.63. The van der Waals surface area contributed by atoms with Crippen LogP contribution >= 0.6 is 0 Å². The van der Waals surface area contributed by atoms with Gasteiger partial charge in [-0.15, -0.1) is 0 Å². The molecule has 1 aromatic rings. The number of rotatable bonds is 4. The lowest BCUT2D eigenvalue weighted by molar-refractivity contribution is -0.140. The molecule has 2 heterocycles. The number of carbonyl (C=O) groups excluding carboxylic acids is 2. The zero-order chi connectivity index (χ0) is 16.1. The average molecular weight is 315 g/mol. The third-order valence-corrected chi connectivity index (χ3v) is 4.96. The van der Waals surface area contributed by atoms with Gasteiger partial charge in [-0.05, 0) is 31.5 Å². The van der Waals surface area contributed by atoms with Crippen molar-refractivity contribution in [1.29, 1.82) is 0 Å². The second-order valence-electron chi connectivity index (χ2n) is 6.50. The quantitative estimate of drug-likeness (QED) is 0.784. The summed E-state index contributed by atoms with van der Waals surface area (Å²) >= 11 is 0. The first kappa shape index (κ1) is 16.0. The Balaban J connectivity index is 1.45. The molecular formula is C18H25N3O2. The number of likely N-dealkylation sites (tertiary alicyclic amines) is 1. The Morgan fingerprint density at radius 2 is 1.65 bits per heavy atom. The number of benzene rings is 1. The summed E-state index contributed by atoms with van der Waals surface area (Å²) in [6.45, 7) is 5.65. The number of piperazine rings is 1. The highest BCUT2D eigenvalue weighted by molar-refractivity contribution is 5.79. The van der Waals surface area contributed by atoms with Crippen LogP contribution < -0.4 is 0 Å². The van der Waals surface area contributed by atoms with E-state index >= 15 is 0 Å². The van der Waals surface area contributed by atoms with E-state index in [1.54, 1.807) is 4.90 Å². The van der Waals surface area contributed by atoms with Gasteiger partial charge < -0.3 is 9.80 Å². The lowest BCUT2D eigenvalue weighted by atomic mass is 9.94. The number of hydrogen-bond donors (Lipinski definition) is 0. The molecule has 5 nitrogen and oxygen atoms in total. The van der Waals surface area contributed by atoms with Gasteiger partial charge in [0, 0.05) is 38.6 Å². The Morgan fingerprint density at radius 3 is 2.26 bits per heavy atom. The molecule has 2 aliphatic rings. The van der Waals surface area contributed by atoms with E-state index in [0.29, 0.717) is 26.2 Å². The van der Waals surface area contributed by atoms with Crippen molar-refractivity contribution in [3.8, 4) is 0 Å². The third-order valence-electron chi connectivity index (χ3n) is 4.96. The van der Waals surface area contributed by atoms with Crippen molar-refractivity contribution in [3.63, 3.8) is 0 Å². The van der Waals surface area contributed by atoms with Gasteiger partial charge in [-0.25, -0.2) is 0 Å². The van der Waals surface area contributed by atoms with Crippen molar-refractivity contribution in [3.05, 3.63) is 35.9 Å². The number of piperidine rings is 1. The maximum Gasteiger partial charge on any atom is 0.225 e. The van der Waals surface area contributed by atoms with Crippen LogP contribution in [-0.4, -0.2) is 66.3 Å². The van der Waals surface area contributed by atoms with Crippen molar-refractivity contribution in [2.45, 2.75) is 19.4 Å². The maximum atomic E-state index is 12.6. The van der Waals surface area contributed by atoms with Crippen LogP contribution in [0.1, 0.15) is 18.4 Å². The maximum absolute atomic E-state index is 12.6. The lowest BCUT2D eigenvalue weighted by Crippen LogP contribution is -2.51. The molecule has 23 heavy (non-hydrogen) atoms. The molecule has 2 amide bonds. The van der Waals surface area contributed by atoms with Crippen LogP contribution in [-0.2, 0) is 16.1 Å². The summed E-state index contributed by atoms with van der Waals surface area (Å²) in [5.41, 5.74) is 1.34. The molecule has 124 valence electrons. The number of carbonyl (C=O) groups is 2. The van der Waals surface area contributed by atoms with Gasteiger partial charge in [-0.2, -0.15) is 0 Å². The first-order chi connectivity index (χ1) is 11.3. The van der Waals surface area contributed by atoms with Crippen LogP contribution in [0, 0.1) is 5.92 Å². The highest BCUT2D eigenvalue weighted by Crippen LogP contribution is 2.21. The molecule has 2 fully saturated rings. The fourth-order valence-electron chi connectivity index (χ4n) is 3.49. The molecule has 0 unspecified atom stereocenters. The van der Waals surface area contributed by atoms with Crippen LogP contribution in [0.3, 0.4) is 0 Å². The first-order valence-electron chi connectivity index (χ1n) is 8.50. The molecule has 0 aliphatic carbocycles. The number of hydrogen-bond acceptors (Lipinski definition) is 3. The van der Waals surface area contributed by atoms with Gasteiger partial charge in [0.1, 0.15) is 0 Å². The summed E-state index contributed by atoms with van der Waals surface area (Å²) in [5.74, 6) is 0.444. The SMILES string of the molecule is O=CN1CCN(C(=O)C2CCN(Cc3ccccc3)CC2)CC1. The predicted molar refractivity (Wildman–Crippen MR) is 88.7 cm³/mol. The van der Waals surface area contributed by atoms with Crippen molar-refractivity contribution >= 4 is 12.3 Å². The Labute approximate surface area is 137 Å². The van der Waals surface area contributed by atoms with Crippen molar-refractivity contribution in [1.82, 2.24) is 14.7 Å². The normalized spacial score (nSPS) is 20.5. The molecule has 1 aromatic carbocycles. The molecule has 0 aromatic heterocycles. The van der Waals surface area contributed by atoms with Gasteiger partial charge in [0.2, 0.25) is 12.3 Å². The Morgan fingerprint density at radius 1 is 1.00 bits per heavy atom. The van der Waals surface area contributed by atoms with Crippen molar-refractivity contribution in [2.75, 3.05) is 39.3 Å². The second-order valence-corrected chi connectivity index (χ2v) is 6.50. The van der Waals surface area contributed by atoms with E-state index in [9.17, 15) is 9.59 Å². The summed E-state index contributed by atoms with van der Waals surface area (Å²) in [6.07, 6.45) is 2.77. The van der Waals surface area contributed by atoms with Crippen LogP contribution in [0.5, 0.6) is 0 Å². The molecule has 2 aliphatic heterocycles. The molecule has 0 spiro atoms. The molecule has 0 radical (unpaired) electrons. The fraction of sp³-hybridized carbons (Fsp3) is 0.556. The standard InChI is InChI=1S/C18H25N3O2/c22-15-20-10-12-21(13-11-20)18(23)17-6-8-19(9-7-17)14-16-4-2-1-3-5-16/h1-5,15,17H,6-14H2. The van der Waals surface area contributed by atoms with E-state index in [-0.39, 0.29) is 11.8 Å². The monoisotopic (exact) mass is 315 g/mol. The Hall–Kier alpha value is -1.88. The van der Waals surface area contributed by atoms with E-state index in [1.165, 1.54) is 5.56 Å². The van der Waals surface area contributed by atoms with Gasteiger partial charge in [-0.3, -0.25) is 14.5 Å². The summed E-state index contributed by atoms with van der Waals surface area (Å²) < 4.78 is 0. The van der Waals surface area contributed by atoms with Crippen LogP contribution in [0.2, 0.25) is 0 Å². The van der Waals surface area contributed by atoms with Gasteiger partial charge in [0.25, 0.3) is 0 Å². The van der Waals surface area contributed by atoms with Gasteiger partial charge in [0.05, 0.1) is 0 Å².